The standard InChI is InChI=1S/C12H19BrN2/c1-3-7-12(2,9-14)15-11-6-4-5-10(13)8-11/h4-6,8,15H,3,7,9,14H2,1-2H3. The molecule has 1 rings (SSSR count). The van der Waals surface area contributed by atoms with Gasteiger partial charge in [-0.25, -0.2) is 0 Å². The van der Waals surface area contributed by atoms with Crippen molar-refractivity contribution in [1.29, 1.82) is 0 Å². The quantitative estimate of drug-likeness (QED) is 0.861. The summed E-state index contributed by atoms with van der Waals surface area (Å²) in [5.74, 6) is 0. The Morgan fingerprint density at radius 3 is 2.73 bits per heavy atom. The summed E-state index contributed by atoms with van der Waals surface area (Å²) in [6.45, 7) is 4.99. The highest BCUT2D eigenvalue weighted by atomic mass is 79.9. The van der Waals surface area contributed by atoms with Crippen molar-refractivity contribution in [2.75, 3.05) is 11.9 Å². The molecule has 0 fully saturated rings. The highest BCUT2D eigenvalue weighted by Gasteiger charge is 2.20. The Morgan fingerprint density at radius 1 is 1.47 bits per heavy atom. The minimum Gasteiger partial charge on any atom is -0.379 e. The number of halogens is 1. The third-order valence-electron chi connectivity index (χ3n) is 2.52. The van der Waals surface area contributed by atoms with Gasteiger partial charge in [0.25, 0.3) is 0 Å². The molecule has 0 bridgehead atoms. The second-order valence-electron chi connectivity index (χ2n) is 4.15. The van der Waals surface area contributed by atoms with Crippen LogP contribution in [0.1, 0.15) is 26.7 Å². The van der Waals surface area contributed by atoms with E-state index in [-0.39, 0.29) is 5.54 Å². The molecule has 0 aliphatic heterocycles. The van der Waals surface area contributed by atoms with Gasteiger partial charge in [0.15, 0.2) is 0 Å². The SMILES string of the molecule is CCCC(C)(CN)Nc1cccc(Br)c1. The fourth-order valence-corrected chi connectivity index (χ4v) is 2.08. The second-order valence-corrected chi connectivity index (χ2v) is 5.07. The van der Waals surface area contributed by atoms with Gasteiger partial charge in [-0.05, 0) is 31.5 Å². The average molecular weight is 271 g/mol. The zero-order valence-electron chi connectivity index (χ0n) is 9.39. The summed E-state index contributed by atoms with van der Waals surface area (Å²) < 4.78 is 1.09. The van der Waals surface area contributed by atoms with Gasteiger partial charge in [-0.1, -0.05) is 35.3 Å². The number of hydrogen-bond donors (Lipinski definition) is 2. The highest BCUT2D eigenvalue weighted by molar-refractivity contribution is 9.10. The largest absolute Gasteiger partial charge is 0.379 e. The first-order chi connectivity index (χ1) is 7.09. The fraction of sp³-hybridized carbons (Fsp3) is 0.500. The van der Waals surface area contributed by atoms with Gasteiger partial charge in [0.2, 0.25) is 0 Å². The topological polar surface area (TPSA) is 38.0 Å². The molecule has 3 heteroatoms. The lowest BCUT2D eigenvalue weighted by Crippen LogP contribution is -2.42. The zero-order valence-corrected chi connectivity index (χ0v) is 11.0. The molecule has 0 aliphatic carbocycles. The maximum absolute atomic E-state index is 5.80. The highest BCUT2D eigenvalue weighted by Crippen LogP contribution is 2.22. The van der Waals surface area contributed by atoms with Crippen LogP contribution in [-0.4, -0.2) is 12.1 Å². The normalized spacial score (nSPS) is 14.7. The maximum atomic E-state index is 5.80. The molecule has 84 valence electrons. The molecule has 0 saturated carbocycles. The van der Waals surface area contributed by atoms with Gasteiger partial charge in [0, 0.05) is 22.2 Å². The lowest BCUT2D eigenvalue weighted by molar-refractivity contribution is 0.476. The van der Waals surface area contributed by atoms with Crippen molar-refractivity contribution in [2.45, 2.75) is 32.2 Å². The van der Waals surface area contributed by atoms with Crippen LogP contribution in [0, 0.1) is 0 Å². The van der Waals surface area contributed by atoms with Gasteiger partial charge in [0.05, 0.1) is 0 Å². The summed E-state index contributed by atoms with van der Waals surface area (Å²) >= 11 is 3.46. The molecular weight excluding hydrogens is 252 g/mol. The Hall–Kier alpha value is -0.540. The monoisotopic (exact) mass is 270 g/mol. The van der Waals surface area contributed by atoms with Crippen LogP contribution in [0.5, 0.6) is 0 Å². The van der Waals surface area contributed by atoms with Crippen LogP contribution in [-0.2, 0) is 0 Å². The summed E-state index contributed by atoms with van der Waals surface area (Å²) in [5, 5.41) is 3.49. The first kappa shape index (κ1) is 12.5. The van der Waals surface area contributed by atoms with Gasteiger partial charge in [0.1, 0.15) is 0 Å². The van der Waals surface area contributed by atoms with E-state index in [4.69, 9.17) is 5.73 Å². The summed E-state index contributed by atoms with van der Waals surface area (Å²) in [7, 11) is 0. The molecule has 0 aliphatic rings. The summed E-state index contributed by atoms with van der Waals surface area (Å²) in [6.07, 6.45) is 2.21. The van der Waals surface area contributed by atoms with E-state index in [1.165, 1.54) is 0 Å². The fourth-order valence-electron chi connectivity index (χ4n) is 1.68. The molecule has 0 spiro atoms. The predicted octanol–water partition coefficient (Wildman–Crippen LogP) is 3.38. The Kier molecular flexibility index (Phi) is 4.61. The van der Waals surface area contributed by atoms with Crippen molar-refractivity contribution >= 4 is 21.6 Å². The lowest BCUT2D eigenvalue weighted by atomic mass is 9.96. The van der Waals surface area contributed by atoms with Crippen LogP contribution >= 0.6 is 15.9 Å². The molecule has 1 atom stereocenters. The average Bonchev–Trinajstić information content (AvgIpc) is 2.18. The van der Waals surface area contributed by atoms with E-state index >= 15 is 0 Å². The van der Waals surface area contributed by atoms with Crippen LogP contribution in [0.4, 0.5) is 5.69 Å². The first-order valence-electron chi connectivity index (χ1n) is 5.33. The van der Waals surface area contributed by atoms with E-state index < -0.39 is 0 Å². The second kappa shape index (κ2) is 5.52. The lowest BCUT2D eigenvalue weighted by Gasteiger charge is -2.30. The predicted molar refractivity (Wildman–Crippen MR) is 70.1 cm³/mol. The van der Waals surface area contributed by atoms with Crippen molar-refractivity contribution < 1.29 is 0 Å². The molecule has 2 nitrogen and oxygen atoms in total. The van der Waals surface area contributed by atoms with Crippen molar-refractivity contribution in [2.24, 2.45) is 5.73 Å². The minimum absolute atomic E-state index is 0.00442. The Labute approximate surface area is 100 Å². The molecular formula is C12H19BrN2. The maximum Gasteiger partial charge on any atom is 0.0467 e. The van der Waals surface area contributed by atoms with E-state index in [9.17, 15) is 0 Å². The number of anilines is 1. The number of nitrogens with two attached hydrogens (primary N) is 1. The molecule has 1 unspecified atom stereocenters. The van der Waals surface area contributed by atoms with Crippen molar-refractivity contribution in [3.8, 4) is 0 Å². The number of rotatable bonds is 5. The summed E-state index contributed by atoms with van der Waals surface area (Å²) in [5.41, 5.74) is 6.92. The van der Waals surface area contributed by atoms with E-state index in [0.717, 1.165) is 23.0 Å². The summed E-state index contributed by atoms with van der Waals surface area (Å²) in [6, 6.07) is 8.18. The molecule has 1 aromatic rings. The smallest absolute Gasteiger partial charge is 0.0467 e. The van der Waals surface area contributed by atoms with Gasteiger partial charge in [-0.3, -0.25) is 0 Å². The molecule has 0 heterocycles. The molecule has 0 saturated heterocycles. The third kappa shape index (κ3) is 3.84. The van der Waals surface area contributed by atoms with E-state index in [2.05, 4.69) is 47.2 Å². The van der Waals surface area contributed by atoms with Gasteiger partial charge >= 0.3 is 0 Å². The third-order valence-corrected chi connectivity index (χ3v) is 3.02. The zero-order chi connectivity index (χ0) is 11.3. The van der Waals surface area contributed by atoms with Crippen molar-refractivity contribution in [1.82, 2.24) is 0 Å². The van der Waals surface area contributed by atoms with Crippen LogP contribution in [0.3, 0.4) is 0 Å². The van der Waals surface area contributed by atoms with Gasteiger partial charge < -0.3 is 11.1 Å². The summed E-state index contributed by atoms with van der Waals surface area (Å²) in [4.78, 5) is 0. The molecule has 0 radical (unpaired) electrons. The van der Waals surface area contributed by atoms with E-state index in [1.807, 2.05) is 12.1 Å². The van der Waals surface area contributed by atoms with Crippen LogP contribution in [0.2, 0.25) is 0 Å². The number of hydrogen-bond acceptors (Lipinski definition) is 2. The molecule has 0 aromatic heterocycles. The minimum atomic E-state index is -0.00442. The number of nitrogens with one attached hydrogen (secondary N) is 1. The Morgan fingerprint density at radius 2 is 2.20 bits per heavy atom. The van der Waals surface area contributed by atoms with Crippen LogP contribution in [0.25, 0.3) is 0 Å². The Balaban J connectivity index is 2.74. The van der Waals surface area contributed by atoms with Crippen LogP contribution < -0.4 is 11.1 Å². The Bertz CT molecular complexity index is 314. The molecule has 1 aromatic carbocycles. The van der Waals surface area contributed by atoms with E-state index in [0.29, 0.717) is 6.54 Å². The van der Waals surface area contributed by atoms with E-state index in [1.54, 1.807) is 0 Å². The van der Waals surface area contributed by atoms with Crippen molar-refractivity contribution in [3.05, 3.63) is 28.7 Å². The number of benzene rings is 1. The van der Waals surface area contributed by atoms with Crippen LogP contribution in [0.15, 0.2) is 28.7 Å². The molecule has 15 heavy (non-hydrogen) atoms. The first-order valence-corrected chi connectivity index (χ1v) is 6.13. The molecule has 0 amide bonds. The van der Waals surface area contributed by atoms with Crippen molar-refractivity contribution in [3.63, 3.8) is 0 Å². The molecule has 3 N–H and O–H groups in total. The van der Waals surface area contributed by atoms with Gasteiger partial charge in [-0.2, -0.15) is 0 Å². The van der Waals surface area contributed by atoms with Gasteiger partial charge in [-0.15, -0.1) is 0 Å².